The lowest BCUT2D eigenvalue weighted by Crippen LogP contribution is -2.21. The molecule has 12 nitrogen and oxygen atoms in total. The lowest BCUT2D eigenvalue weighted by Gasteiger charge is -2.14. The normalized spacial score (nSPS) is 9.86. The second-order valence-corrected chi connectivity index (χ2v) is 9.58. The van der Waals surface area contributed by atoms with Crippen molar-refractivity contribution in [3.8, 4) is 23.6 Å². The number of para-hydroxylation sites is 1. The van der Waals surface area contributed by atoms with E-state index in [9.17, 15) is 9.59 Å². The Balaban J connectivity index is 0.000000257. The van der Waals surface area contributed by atoms with E-state index in [-0.39, 0.29) is 0 Å². The maximum Gasteiger partial charge on any atom is 0.418 e. The Morgan fingerprint density at radius 1 is 0.864 bits per heavy atom. The first-order valence-electron chi connectivity index (χ1n) is 13.2. The zero-order chi connectivity index (χ0) is 31.7. The Kier molecular flexibility index (Phi) is 12.9. The largest absolute Gasteiger partial charge is 0.491 e. The summed E-state index contributed by atoms with van der Waals surface area (Å²) >= 11 is 6.02. The minimum Gasteiger partial charge on any atom is -0.491 e. The Morgan fingerprint density at radius 2 is 1.50 bits per heavy atom. The van der Waals surface area contributed by atoms with Crippen molar-refractivity contribution in [3.63, 3.8) is 0 Å². The molecule has 224 valence electrons. The molecule has 2 aromatic carbocycles. The maximum absolute atomic E-state index is 12.2. The van der Waals surface area contributed by atoms with Crippen LogP contribution in [0.1, 0.15) is 17.5 Å². The summed E-state index contributed by atoms with van der Waals surface area (Å²) in [6, 6.07) is 23.4. The molecular formula is C31H29ClN8O4. The zero-order valence-electron chi connectivity index (χ0n) is 24.0. The second kappa shape index (κ2) is 17.3. The molecule has 44 heavy (non-hydrogen) atoms. The molecule has 0 spiro atoms. The van der Waals surface area contributed by atoms with Gasteiger partial charge >= 0.3 is 12.1 Å². The van der Waals surface area contributed by atoms with Crippen molar-refractivity contribution in [1.82, 2.24) is 14.9 Å². The highest BCUT2D eigenvalue weighted by Crippen LogP contribution is 2.28. The number of carbonyl (C=O) groups excluding carboxylic acids is 2. The second-order valence-electron chi connectivity index (χ2n) is 9.14. The van der Waals surface area contributed by atoms with E-state index < -0.39 is 12.1 Å². The van der Waals surface area contributed by atoms with Gasteiger partial charge in [-0.05, 0) is 75.1 Å². The Labute approximate surface area is 259 Å². The van der Waals surface area contributed by atoms with E-state index in [1.807, 2.05) is 32.3 Å². The summed E-state index contributed by atoms with van der Waals surface area (Å²) in [6.07, 6.45) is 2.99. The van der Waals surface area contributed by atoms with Crippen molar-refractivity contribution in [3.05, 3.63) is 101 Å². The number of benzene rings is 2. The number of nitrogens with zero attached hydrogens (tertiary/aromatic N) is 5. The van der Waals surface area contributed by atoms with Gasteiger partial charge in [0.15, 0.2) is 0 Å². The molecule has 0 radical (unpaired) electrons. The van der Waals surface area contributed by atoms with Crippen molar-refractivity contribution in [2.24, 2.45) is 0 Å². The average Bonchev–Trinajstić information content (AvgIpc) is 3.01. The molecule has 2 heterocycles. The molecular weight excluding hydrogens is 584 g/mol. The van der Waals surface area contributed by atoms with E-state index in [4.69, 9.17) is 31.6 Å². The van der Waals surface area contributed by atoms with Gasteiger partial charge in [0.05, 0.1) is 23.4 Å². The molecule has 0 unspecified atom stereocenters. The number of amides is 3. The lowest BCUT2D eigenvalue weighted by molar-refractivity contribution is 0.215. The van der Waals surface area contributed by atoms with Gasteiger partial charge in [-0.25, -0.2) is 19.6 Å². The number of anilines is 3. The van der Waals surface area contributed by atoms with Gasteiger partial charge in [0.25, 0.3) is 0 Å². The highest BCUT2D eigenvalue weighted by molar-refractivity contribution is 6.31. The van der Waals surface area contributed by atoms with Gasteiger partial charge in [0, 0.05) is 24.0 Å². The first kappa shape index (κ1) is 32.8. The van der Waals surface area contributed by atoms with Crippen LogP contribution < -0.4 is 25.4 Å². The number of urea groups is 1. The Hall–Kier alpha value is -5.69. The van der Waals surface area contributed by atoms with Crippen LogP contribution in [0.3, 0.4) is 0 Å². The van der Waals surface area contributed by atoms with Crippen molar-refractivity contribution in [2.45, 2.75) is 6.42 Å². The number of nitrogens with one attached hydrogen (secondary N) is 3. The number of aromatic nitrogens is 2. The SMILES string of the molecule is CN(C)CCCOc1ccc(Cl)cc1NC(=O)Nc1ccc(C#N)cn1.N#Cc1ccc(NC(=O)Oc2ccccc2)nc1. The lowest BCUT2D eigenvalue weighted by atomic mass is 10.3. The molecule has 0 bridgehead atoms. The molecule has 0 saturated carbocycles. The summed E-state index contributed by atoms with van der Waals surface area (Å²) in [5.41, 5.74) is 1.31. The van der Waals surface area contributed by atoms with E-state index in [2.05, 4.69) is 30.8 Å². The predicted molar refractivity (Wildman–Crippen MR) is 167 cm³/mol. The van der Waals surface area contributed by atoms with Crippen LogP contribution in [-0.4, -0.2) is 54.2 Å². The van der Waals surface area contributed by atoms with Crippen LogP contribution in [0.4, 0.5) is 26.9 Å². The van der Waals surface area contributed by atoms with Gasteiger partial charge in [0.1, 0.15) is 35.3 Å². The van der Waals surface area contributed by atoms with Crippen molar-refractivity contribution < 1.29 is 19.1 Å². The molecule has 0 aliphatic rings. The summed E-state index contributed by atoms with van der Waals surface area (Å²) in [4.78, 5) is 33.6. The fourth-order valence-electron chi connectivity index (χ4n) is 3.35. The molecule has 4 rings (SSSR count). The topological polar surface area (TPSA) is 165 Å². The van der Waals surface area contributed by atoms with Gasteiger partial charge < -0.3 is 19.7 Å². The third-order valence-electron chi connectivity index (χ3n) is 5.41. The number of halogens is 1. The average molecular weight is 613 g/mol. The minimum atomic E-state index is -0.626. The predicted octanol–water partition coefficient (Wildman–Crippen LogP) is 6.15. The van der Waals surface area contributed by atoms with Gasteiger partial charge in [0.2, 0.25) is 0 Å². The smallest absolute Gasteiger partial charge is 0.418 e. The minimum absolute atomic E-state index is 0.329. The molecule has 0 saturated heterocycles. The van der Waals surface area contributed by atoms with Crippen LogP contribution in [0.25, 0.3) is 0 Å². The highest BCUT2D eigenvalue weighted by atomic mass is 35.5. The Morgan fingerprint density at radius 3 is 2.07 bits per heavy atom. The summed E-state index contributed by atoms with van der Waals surface area (Å²) in [5.74, 6) is 1.65. The third-order valence-corrected chi connectivity index (χ3v) is 5.64. The van der Waals surface area contributed by atoms with Crippen LogP contribution in [0.15, 0.2) is 85.2 Å². The standard InChI is InChI=1S/C18H20ClN5O2.C13H9N3O2/c1-24(2)8-3-9-26-16-6-5-14(19)10-15(16)22-18(25)23-17-7-4-13(11-20)12-21-17;14-8-10-6-7-12(15-9-10)16-13(17)18-11-4-2-1-3-5-11/h4-7,10,12H,3,8-9H2,1-2H3,(H2,21,22,23,25);1-7,9H,(H,15,16,17). The quantitative estimate of drug-likeness (QED) is 0.188. The van der Waals surface area contributed by atoms with E-state index in [1.165, 1.54) is 18.5 Å². The van der Waals surface area contributed by atoms with Crippen molar-refractivity contribution >= 4 is 41.0 Å². The van der Waals surface area contributed by atoms with E-state index in [1.54, 1.807) is 60.7 Å². The molecule has 0 aliphatic carbocycles. The van der Waals surface area contributed by atoms with Crippen LogP contribution >= 0.6 is 11.6 Å². The first-order chi connectivity index (χ1) is 21.2. The summed E-state index contributed by atoms with van der Waals surface area (Å²) in [7, 11) is 3.99. The number of hydrogen-bond acceptors (Lipinski definition) is 9. The molecule has 0 atom stereocenters. The number of carbonyl (C=O) groups is 2. The molecule has 3 N–H and O–H groups in total. The zero-order valence-corrected chi connectivity index (χ0v) is 24.7. The molecule has 3 amide bonds. The highest BCUT2D eigenvalue weighted by Gasteiger charge is 2.10. The number of ether oxygens (including phenoxy) is 2. The number of rotatable bonds is 9. The Bertz CT molecular complexity index is 1600. The molecule has 13 heteroatoms. The number of hydrogen-bond donors (Lipinski definition) is 3. The summed E-state index contributed by atoms with van der Waals surface area (Å²) in [5, 5.41) is 25.6. The maximum atomic E-state index is 12.2. The van der Waals surface area contributed by atoms with E-state index >= 15 is 0 Å². The van der Waals surface area contributed by atoms with Gasteiger partial charge in [-0.15, -0.1) is 0 Å². The monoisotopic (exact) mass is 612 g/mol. The van der Waals surface area contributed by atoms with Crippen molar-refractivity contribution in [1.29, 1.82) is 10.5 Å². The summed E-state index contributed by atoms with van der Waals surface area (Å²) < 4.78 is 10.8. The first-order valence-corrected chi connectivity index (χ1v) is 13.5. The van der Waals surface area contributed by atoms with Crippen LogP contribution in [0.5, 0.6) is 11.5 Å². The fourth-order valence-corrected chi connectivity index (χ4v) is 3.52. The number of nitriles is 2. The van der Waals surface area contributed by atoms with Crippen LogP contribution in [0.2, 0.25) is 5.02 Å². The van der Waals surface area contributed by atoms with E-state index in [0.29, 0.717) is 51.6 Å². The molecule has 2 aromatic heterocycles. The molecule has 4 aromatic rings. The number of pyridine rings is 2. The van der Waals surface area contributed by atoms with Gasteiger partial charge in [-0.2, -0.15) is 10.5 Å². The van der Waals surface area contributed by atoms with Gasteiger partial charge in [-0.1, -0.05) is 29.8 Å². The van der Waals surface area contributed by atoms with E-state index in [0.717, 1.165) is 13.0 Å². The van der Waals surface area contributed by atoms with Gasteiger partial charge in [-0.3, -0.25) is 10.6 Å². The third kappa shape index (κ3) is 11.7. The van der Waals surface area contributed by atoms with Crippen LogP contribution in [-0.2, 0) is 0 Å². The van der Waals surface area contributed by atoms with Crippen molar-refractivity contribution in [2.75, 3.05) is 43.2 Å². The van der Waals surface area contributed by atoms with Crippen LogP contribution in [0, 0.1) is 22.7 Å². The fraction of sp³-hybridized carbons (Fsp3) is 0.161. The molecule has 0 fully saturated rings. The summed E-state index contributed by atoms with van der Waals surface area (Å²) in [6.45, 7) is 1.43. The molecule has 0 aliphatic heterocycles.